The minimum absolute atomic E-state index is 0.178. The van der Waals surface area contributed by atoms with Gasteiger partial charge in [0.15, 0.2) is 0 Å². The van der Waals surface area contributed by atoms with Crippen LogP contribution in [0, 0.1) is 0 Å². The molecule has 216 valence electrons. The largest absolute Gasteiger partial charge is 0.573 e. The van der Waals surface area contributed by atoms with Gasteiger partial charge in [0.1, 0.15) is 17.1 Å². The molecular formula is C30H31ClF3N5O2. The summed E-state index contributed by atoms with van der Waals surface area (Å²) < 4.78 is 42.7. The lowest BCUT2D eigenvalue weighted by atomic mass is 10.1. The van der Waals surface area contributed by atoms with Crippen LogP contribution in [0.1, 0.15) is 34.2 Å². The molecule has 1 N–H and O–H groups in total. The minimum atomic E-state index is -4.68. The highest BCUT2D eigenvalue weighted by atomic mass is 35.5. The van der Waals surface area contributed by atoms with Crippen LogP contribution in [0.15, 0.2) is 66.9 Å². The number of piperazine rings is 1. The van der Waals surface area contributed by atoms with Gasteiger partial charge in [0.2, 0.25) is 0 Å². The summed E-state index contributed by atoms with van der Waals surface area (Å²) in [5.41, 5.74) is 5.02. The summed E-state index contributed by atoms with van der Waals surface area (Å²) in [6.07, 6.45) is -1.52. The fourth-order valence-corrected chi connectivity index (χ4v) is 5.17. The Balaban J connectivity index is 1.09. The monoisotopic (exact) mass is 585 g/mol. The van der Waals surface area contributed by atoms with Crippen LogP contribution in [-0.2, 0) is 19.4 Å². The zero-order valence-electron chi connectivity index (χ0n) is 22.6. The lowest BCUT2D eigenvalue weighted by Gasteiger charge is -2.36. The zero-order chi connectivity index (χ0) is 29.0. The number of imidazole rings is 1. The first-order valence-corrected chi connectivity index (χ1v) is 13.9. The molecule has 0 radical (unpaired) electrons. The quantitative estimate of drug-likeness (QED) is 0.271. The average Bonchev–Trinajstić information content (AvgIpc) is 3.33. The van der Waals surface area contributed by atoms with Gasteiger partial charge in [0.05, 0.1) is 5.69 Å². The number of nitrogens with one attached hydrogen (secondary N) is 1. The van der Waals surface area contributed by atoms with Gasteiger partial charge in [-0.25, -0.2) is 4.98 Å². The number of alkyl halides is 3. The van der Waals surface area contributed by atoms with E-state index in [2.05, 4.69) is 37.0 Å². The maximum absolute atomic E-state index is 13.0. The number of amides is 1. The molecule has 1 amide bonds. The minimum Gasteiger partial charge on any atom is -0.406 e. The van der Waals surface area contributed by atoms with Crippen molar-refractivity contribution in [2.24, 2.45) is 0 Å². The molecule has 0 bridgehead atoms. The second kappa shape index (κ2) is 12.4. The second-order valence-electron chi connectivity index (χ2n) is 9.95. The number of benzene rings is 2. The molecule has 0 spiro atoms. The van der Waals surface area contributed by atoms with Crippen LogP contribution in [0.4, 0.5) is 18.9 Å². The Labute approximate surface area is 241 Å². The van der Waals surface area contributed by atoms with Crippen molar-refractivity contribution in [2.75, 3.05) is 37.6 Å². The third-order valence-corrected chi connectivity index (χ3v) is 7.45. The van der Waals surface area contributed by atoms with Crippen molar-refractivity contribution in [3.05, 3.63) is 94.4 Å². The van der Waals surface area contributed by atoms with Crippen LogP contribution >= 0.6 is 11.6 Å². The second-order valence-corrected chi connectivity index (χ2v) is 10.4. The number of carbonyl (C=O) groups is 1. The van der Waals surface area contributed by atoms with Crippen molar-refractivity contribution < 1.29 is 22.7 Å². The van der Waals surface area contributed by atoms with Crippen molar-refractivity contribution in [2.45, 2.75) is 32.7 Å². The van der Waals surface area contributed by atoms with E-state index in [9.17, 15) is 18.0 Å². The third kappa shape index (κ3) is 7.31. The summed E-state index contributed by atoms with van der Waals surface area (Å²) in [6, 6.07) is 17.8. The van der Waals surface area contributed by atoms with Crippen molar-refractivity contribution in [3.63, 3.8) is 0 Å². The van der Waals surface area contributed by atoms with E-state index in [0.717, 1.165) is 61.7 Å². The molecular weight excluding hydrogens is 555 g/mol. The van der Waals surface area contributed by atoms with Gasteiger partial charge >= 0.3 is 6.36 Å². The standard InChI is InChI=1S/C30H31ClF3N5O2/c1-2-26-28(39-14-12-23(31)19-27(39)36-26)29(40)35-20-22-3-7-24(8-4-22)38-17-15-37(16-18-38)13-11-21-5-9-25(10-6-21)41-30(32,33)34/h3-10,12,14,19H,2,11,13,15-18,20H2,1H3,(H,35,40). The van der Waals surface area contributed by atoms with E-state index in [1.165, 1.54) is 12.1 Å². The number of pyridine rings is 1. The number of halogens is 4. The van der Waals surface area contributed by atoms with Crippen LogP contribution in [0.2, 0.25) is 5.02 Å². The Morgan fingerprint density at radius 2 is 1.68 bits per heavy atom. The summed E-state index contributed by atoms with van der Waals surface area (Å²) in [7, 11) is 0. The van der Waals surface area contributed by atoms with Gasteiger partial charge in [-0.05, 0) is 54.3 Å². The van der Waals surface area contributed by atoms with E-state index in [-0.39, 0.29) is 11.7 Å². The van der Waals surface area contributed by atoms with Crippen LogP contribution in [0.3, 0.4) is 0 Å². The van der Waals surface area contributed by atoms with Gasteiger partial charge in [-0.2, -0.15) is 0 Å². The van der Waals surface area contributed by atoms with Crippen molar-refractivity contribution >= 4 is 28.8 Å². The molecule has 0 aliphatic carbocycles. The molecule has 1 saturated heterocycles. The van der Waals surface area contributed by atoms with Gasteiger partial charge in [-0.1, -0.05) is 42.8 Å². The Kier molecular flexibility index (Phi) is 8.70. The van der Waals surface area contributed by atoms with Crippen LogP contribution < -0.4 is 15.0 Å². The topological polar surface area (TPSA) is 62.1 Å². The summed E-state index contributed by atoms with van der Waals surface area (Å²) in [5.74, 6) is -0.381. The predicted octanol–water partition coefficient (Wildman–Crippen LogP) is 5.74. The Hall–Kier alpha value is -3.76. The number of hydrogen-bond donors (Lipinski definition) is 1. The van der Waals surface area contributed by atoms with Gasteiger partial charge in [-0.15, -0.1) is 13.2 Å². The number of nitrogens with zero attached hydrogens (tertiary/aromatic N) is 4. The van der Waals surface area contributed by atoms with Crippen molar-refractivity contribution in [1.29, 1.82) is 0 Å². The summed E-state index contributed by atoms with van der Waals surface area (Å²) >= 11 is 6.09. The molecule has 1 fully saturated rings. The maximum Gasteiger partial charge on any atom is 0.573 e. The van der Waals surface area contributed by atoms with Gasteiger partial charge in [0.25, 0.3) is 5.91 Å². The van der Waals surface area contributed by atoms with E-state index < -0.39 is 6.36 Å². The van der Waals surface area contributed by atoms with Crippen LogP contribution in [-0.4, -0.2) is 59.3 Å². The smallest absolute Gasteiger partial charge is 0.406 e. The molecule has 1 aliphatic rings. The first-order chi connectivity index (χ1) is 19.7. The zero-order valence-corrected chi connectivity index (χ0v) is 23.4. The highest BCUT2D eigenvalue weighted by Crippen LogP contribution is 2.23. The normalized spacial score (nSPS) is 14.4. The third-order valence-electron chi connectivity index (χ3n) is 7.21. The Morgan fingerprint density at radius 3 is 2.34 bits per heavy atom. The van der Waals surface area contributed by atoms with Gasteiger partial charge < -0.3 is 15.0 Å². The van der Waals surface area contributed by atoms with E-state index >= 15 is 0 Å². The van der Waals surface area contributed by atoms with E-state index in [1.807, 2.05) is 19.1 Å². The highest BCUT2D eigenvalue weighted by Gasteiger charge is 2.31. The number of aromatic nitrogens is 2. The van der Waals surface area contributed by atoms with Crippen LogP contribution in [0.5, 0.6) is 5.75 Å². The molecule has 41 heavy (non-hydrogen) atoms. The number of ether oxygens (including phenoxy) is 1. The molecule has 0 unspecified atom stereocenters. The number of fused-ring (bicyclic) bond motifs is 1. The molecule has 3 heterocycles. The maximum atomic E-state index is 13.0. The molecule has 0 saturated carbocycles. The Morgan fingerprint density at radius 1 is 1.00 bits per heavy atom. The fraction of sp³-hybridized carbons (Fsp3) is 0.333. The van der Waals surface area contributed by atoms with Crippen molar-refractivity contribution in [3.8, 4) is 5.75 Å². The van der Waals surface area contributed by atoms with Gasteiger partial charge in [0, 0.05) is 62.2 Å². The summed E-state index contributed by atoms with van der Waals surface area (Å²) in [6.45, 7) is 6.77. The molecule has 2 aromatic heterocycles. The number of hydrogen-bond acceptors (Lipinski definition) is 5. The number of anilines is 1. The predicted molar refractivity (Wildman–Crippen MR) is 153 cm³/mol. The number of carbonyl (C=O) groups excluding carboxylic acids is 1. The van der Waals surface area contributed by atoms with Crippen LogP contribution in [0.25, 0.3) is 5.65 Å². The fourth-order valence-electron chi connectivity index (χ4n) is 5.02. The first kappa shape index (κ1) is 28.8. The molecule has 4 aromatic rings. The van der Waals surface area contributed by atoms with E-state index in [0.29, 0.717) is 29.3 Å². The molecule has 2 aromatic carbocycles. The van der Waals surface area contributed by atoms with E-state index in [4.69, 9.17) is 11.6 Å². The SMILES string of the molecule is CCc1nc2cc(Cl)ccn2c1C(=O)NCc1ccc(N2CCN(CCc3ccc(OC(F)(F)F)cc3)CC2)cc1. The summed E-state index contributed by atoms with van der Waals surface area (Å²) in [4.78, 5) is 22.3. The highest BCUT2D eigenvalue weighted by molar-refractivity contribution is 6.30. The number of rotatable bonds is 9. The lowest BCUT2D eigenvalue weighted by Crippen LogP contribution is -2.47. The lowest BCUT2D eigenvalue weighted by molar-refractivity contribution is -0.274. The van der Waals surface area contributed by atoms with E-state index in [1.54, 1.807) is 34.9 Å². The van der Waals surface area contributed by atoms with Crippen molar-refractivity contribution in [1.82, 2.24) is 19.6 Å². The van der Waals surface area contributed by atoms with Gasteiger partial charge in [-0.3, -0.25) is 14.1 Å². The average molecular weight is 586 g/mol. The molecule has 7 nitrogen and oxygen atoms in total. The molecule has 1 aliphatic heterocycles. The number of aryl methyl sites for hydroxylation is 1. The molecule has 11 heteroatoms. The Bertz CT molecular complexity index is 1480. The summed E-state index contributed by atoms with van der Waals surface area (Å²) in [5, 5.41) is 3.59. The molecule has 5 rings (SSSR count). The molecule has 0 atom stereocenters. The first-order valence-electron chi connectivity index (χ1n) is 13.5.